The molecule has 1 heterocycles. The van der Waals surface area contributed by atoms with Crippen molar-refractivity contribution in [1.82, 2.24) is 4.90 Å². The summed E-state index contributed by atoms with van der Waals surface area (Å²) in [6.45, 7) is 6.55. The van der Waals surface area contributed by atoms with Gasteiger partial charge in [-0.1, -0.05) is 37.6 Å². The lowest BCUT2D eigenvalue weighted by Gasteiger charge is -2.31. The van der Waals surface area contributed by atoms with Crippen molar-refractivity contribution in [3.05, 3.63) is 35.4 Å². The number of piperidine rings is 1. The fourth-order valence-electron chi connectivity index (χ4n) is 2.67. The molecular weight excluding hydrogens is 208 g/mol. The predicted molar refractivity (Wildman–Crippen MR) is 72.6 cm³/mol. The number of likely N-dealkylation sites (tertiary alicyclic amines) is 1. The van der Waals surface area contributed by atoms with Gasteiger partial charge in [0, 0.05) is 13.1 Å². The van der Waals surface area contributed by atoms with Gasteiger partial charge < -0.3 is 5.73 Å². The molecule has 0 bridgehead atoms. The standard InChI is InChI=1S/C15H24N2/c1-2-13-6-8-17(9-7-13)12-15-5-3-4-14(10-15)11-16/h3-5,10,13H,2,6-9,11-12,16H2,1H3. The Bertz CT molecular complexity index is 341. The van der Waals surface area contributed by atoms with Crippen LogP contribution in [0.3, 0.4) is 0 Å². The highest BCUT2D eigenvalue weighted by atomic mass is 15.1. The van der Waals surface area contributed by atoms with Crippen LogP contribution in [0.4, 0.5) is 0 Å². The molecule has 1 aromatic rings. The summed E-state index contributed by atoms with van der Waals surface area (Å²) in [4.78, 5) is 2.57. The zero-order valence-corrected chi connectivity index (χ0v) is 10.9. The van der Waals surface area contributed by atoms with E-state index in [4.69, 9.17) is 5.73 Å². The lowest BCUT2D eigenvalue weighted by molar-refractivity contribution is 0.175. The van der Waals surface area contributed by atoms with E-state index in [2.05, 4.69) is 36.1 Å². The Morgan fingerprint density at radius 3 is 2.59 bits per heavy atom. The van der Waals surface area contributed by atoms with Crippen molar-refractivity contribution in [2.24, 2.45) is 11.7 Å². The van der Waals surface area contributed by atoms with Gasteiger partial charge in [0.1, 0.15) is 0 Å². The average Bonchev–Trinajstić information content (AvgIpc) is 2.40. The van der Waals surface area contributed by atoms with Crippen molar-refractivity contribution in [2.75, 3.05) is 13.1 Å². The zero-order chi connectivity index (χ0) is 12.1. The van der Waals surface area contributed by atoms with Crippen molar-refractivity contribution in [2.45, 2.75) is 39.3 Å². The van der Waals surface area contributed by atoms with E-state index in [1.54, 1.807) is 0 Å². The van der Waals surface area contributed by atoms with Crippen LogP contribution in [0.5, 0.6) is 0 Å². The fraction of sp³-hybridized carbons (Fsp3) is 0.600. The molecule has 2 rings (SSSR count). The van der Waals surface area contributed by atoms with E-state index >= 15 is 0 Å². The first-order valence-electron chi connectivity index (χ1n) is 6.82. The first kappa shape index (κ1) is 12.6. The Kier molecular flexibility index (Phi) is 4.57. The minimum Gasteiger partial charge on any atom is -0.326 e. The highest BCUT2D eigenvalue weighted by molar-refractivity contribution is 5.23. The molecule has 0 radical (unpaired) electrons. The highest BCUT2D eigenvalue weighted by Gasteiger charge is 2.17. The van der Waals surface area contributed by atoms with Gasteiger partial charge >= 0.3 is 0 Å². The normalized spacial score (nSPS) is 18.5. The summed E-state index contributed by atoms with van der Waals surface area (Å²) in [5.74, 6) is 0.960. The number of nitrogens with zero attached hydrogens (tertiary/aromatic N) is 1. The second kappa shape index (κ2) is 6.18. The van der Waals surface area contributed by atoms with Crippen molar-refractivity contribution in [3.8, 4) is 0 Å². The van der Waals surface area contributed by atoms with Gasteiger partial charge in [-0.2, -0.15) is 0 Å². The molecule has 2 heteroatoms. The number of hydrogen-bond acceptors (Lipinski definition) is 2. The smallest absolute Gasteiger partial charge is 0.0233 e. The molecule has 0 unspecified atom stereocenters. The maximum absolute atomic E-state index is 5.67. The van der Waals surface area contributed by atoms with Crippen LogP contribution in [0.15, 0.2) is 24.3 Å². The summed E-state index contributed by atoms with van der Waals surface area (Å²) in [5, 5.41) is 0. The quantitative estimate of drug-likeness (QED) is 0.865. The maximum Gasteiger partial charge on any atom is 0.0233 e. The third-order valence-corrected chi connectivity index (χ3v) is 3.92. The first-order chi connectivity index (χ1) is 8.31. The van der Waals surface area contributed by atoms with Crippen LogP contribution in [0.25, 0.3) is 0 Å². The molecule has 94 valence electrons. The maximum atomic E-state index is 5.67. The number of rotatable bonds is 4. The number of hydrogen-bond donors (Lipinski definition) is 1. The van der Waals surface area contributed by atoms with Crippen LogP contribution in [-0.2, 0) is 13.1 Å². The molecule has 0 atom stereocenters. The molecule has 1 aliphatic heterocycles. The average molecular weight is 232 g/mol. The van der Waals surface area contributed by atoms with E-state index in [-0.39, 0.29) is 0 Å². The van der Waals surface area contributed by atoms with Crippen molar-refractivity contribution in [1.29, 1.82) is 0 Å². The Balaban J connectivity index is 1.88. The molecular formula is C15H24N2. The van der Waals surface area contributed by atoms with E-state index in [9.17, 15) is 0 Å². The summed E-state index contributed by atoms with van der Waals surface area (Å²) in [6.07, 6.45) is 4.08. The Hall–Kier alpha value is -0.860. The molecule has 1 fully saturated rings. The van der Waals surface area contributed by atoms with E-state index in [0.29, 0.717) is 6.54 Å². The summed E-state index contributed by atoms with van der Waals surface area (Å²) in [6, 6.07) is 8.68. The summed E-state index contributed by atoms with van der Waals surface area (Å²) in [5.41, 5.74) is 8.32. The lowest BCUT2D eigenvalue weighted by Crippen LogP contribution is -2.33. The highest BCUT2D eigenvalue weighted by Crippen LogP contribution is 2.21. The molecule has 0 saturated carbocycles. The van der Waals surface area contributed by atoms with Gasteiger partial charge in [-0.25, -0.2) is 0 Å². The van der Waals surface area contributed by atoms with Crippen molar-refractivity contribution >= 4 is 0 Å². The molecule has 0 amide bonds. The van der Waals surface area contributed by atoms with E-state index in [0.717, 1.165) is 12.5 Å². The molecule has 1 saturated heterocycles. The number of benzene rings is 1. The van der Waals surface area contributed by atoms with Gasteiger partial charge in [-0.3, -0.25) is 4.90 Å². The van der Waals surface area contributed by atoms with Gasteiger partial charge in [0.15, 0.2) is 0 Å². The third-order valence-electron chi connectivity index (χ3n) is 3.92. The van der Waals surface area contributed by atoms with Crippen LogP contribution in [-0.4, -0.2) is 18.0 Å². The SMILES string of the molecule is CCC1CCN(Cc2cccc(CN)c2)CC1. The van der Waals surface area contributed by atoms with Gasteiger partial charge in [-0.05, 0) is 43.0 Å². The topological polar surface area (TPSA) is 29.3 Å². The van der Waals surface area contributed by atoms with Gasteiger partial charge in [-0.15, -0.1) is 0 Å². The zero-order valence-electron chi connectivity index (χ0n) is 10.9. The second-order valence-electron chi connectivity index (χ2n) is 5.15. The van der Waals surface area contributed by atoms with Crippen LogP contribution in [0.2, 0.25) is 0 Å². The van der Waals surface area contributed by atoms with Gasteiger partial charge in [0.25, 0.3) is 0 Å². The molecule has 2 N–H and O–H groups in total. The summed E-state index contributed by atoms with van der Waals surface area (Å²) in [7, 11) is 0. The lowest BCUT2D eigenvalue weighted by atomic mass is 9.94. The third kappa shape index (κ3) is 3.55. The van der Waals surface area contributed by atoms with Crippen LogP contribution in [0.1, 0.15) is 37.3 Å². The van der Waals surface area contributed by atoms with Crippen LogP contribution in [0, 0.1) is 5.92 Å². The molecule has 1 aliphatic rings. The summed E-state index contributed by atoms with van der Waals surface area (Å²) < 4.78 is 0. The molecule has 2 nitrogen and oxygen atoms in total. The fourth-order valence-corrected chi connectivity index (χ4v) is 2.67. The predicted octanol–water partition coefficient (Wildman–Crippen LogP) is 2.77. The van der Waals surface area contributed by atoms with Gasteiger partial charge in [0.2, 0.25) is 0 Å². The van der Waals surface area contributed by atoms with Gasteiger partial charge in [0.05, 0.1) is 0 Å². The second-order valence-corrected chi connectivity index (χ2v) is 5.15. The first-order valence-corrected chi connectivity index (χ1v) is 6.82. The molecule has 0 spiro atoms. The molecule has 0 aromatic heterocycles. The van der Waals surface area contributed by atoms with Crippen molar-refractivity contribution in [3.63, 3.8) is 0 Å². The Labute approximate surface area is 105 Å². The molecule has 0 aliphatic carbocycles. The Morgan fingerprint density at radius 1 is 1.24 bits per heavy atom. The van der Waals surface area contributed by atoms with E-state index in [1.165, 1.54) is 43.5 Å². The summed E-state index contributed by atoms with van der Waals surface area (Å²) >= 11 is 0. The number of nitrogens with two attached hydrogens (primary N) is 1. The molecule has 1 aromatic carbocycles. The van der Waals surface area contributed by atoms with Crippen molar-refractivity contribution < 1.29 is 0 Å². The van der Waals surface area contributed by atoms with Crippen LogP contribution < -0.4 is 5.73 Å². The largest absolute Gasteiger partial charge is 0.326 e. The Morgan fingerprint density at radius 2 is 1.94 bits per heavy atom. The van der Waals surface area contributed by atoms with Crippen LogP contribution >= 0.6 is 0 Å². The minimum atomic E-state index is 0.645. The monoisotopic (exact) mass is 232 g/mol. The molecule has 17 heavy (non-hydrogen) atoms. The van der Waals surface area contributed by atoms with E-state index in [1.807, 2.05) is 0 Å². The van der Waals surface area contributed by atoms with E-state index < -0.39 is 0 Å². The minimum absolute atomic E-state index is 0.645.